The van der Waals surface area contributed by atoms with Crippen molar-refractivity contribution in [3.05, 3.63) is 23.8 Å². The summed E-state index contributed by atoms with van der Waals surface area (Å²) in [4.78, 5) is 0. The Labute approximate surface area is 89.1 Å². The van der Waals surface area contributed by atoms with Crippen molar-refractivity contribution < 1.29 is 19.7 Å². The van der Waals surface area contributed by atoms with Gasteiger partial charge in [-0.25, -0.2) is 0 Å². The molecule has 0 aliphatic rings. The number of aromatic hydroxyl groups is 1. The molecule has 4 nitrogen and oxygen atoms in total. The van der Waals surface area contributed by atoms with Crippen LogP contribution < -0.4 is 4.74 Å². The highest BCUT2D eigenvalue weighted by molar-refractivity contribution is 5.36. The Bertz CT molecular complexity index is 278. The maximum Gasteiger partial charge on any atom is 0.123 e. The summed E-state index contributed by atoms with van der Waals surface area (Å²) < 4.78 is 10.4. The van der Waals surface area contributed by atoms with Crippen molar-refractivity contribution in [2.75, 3.05) is 26.4 Å². The standard InChI is InChI=1S/C11H16O4/c1-9-6-10(13)8-11(7-9)15-5-4-14-3-2-12/h6-8,12-13H,2-5H2,1H3. The Hall–Kier alpha value is -1.26. The zero-order valence-electron chi connectivity index (χ0n) is 8.77. The minimum absolute atomic E-state index is 0.0191. The quantitative estimate of drug-likeness (QED) is 0.693. The number of hydrogen-bond acceptors (Lipinski definition) is 4. The van der Waals surface area contributed by atoms with Gasteiger partial charge in [0.25, 0.3) is 0 Å². The summed E-state index contributed by atoms with van der Waals surface area (Å²) >= 11 is 0. The molecule has 0 radical (unpaired) electrons. The lowest BCUT2D eigenvalue weighted by atomic mass is 10.2. The number of benzene rings is 1. The smallest absolute Gasteiger partial charge is 0.123 e. The van der Waals surface area contributed by atoms with Gasteiger partial charge in [0.1, 0.15) is 18.1 Å². The molecule has 0 bridgehead atoms. The SMILES string of the molecule is Cc1cc(O)cc(OCCOCCO)c1. The van der Waals surface area contributed by atoms with Crippen LogP contribution in [0.1, 0.15) is 5.56 Å². The number of rotatable bonds is 6. The molecule has 4 heteroatoms. The fourth-order valence-corrected chi connectivity index (χ4v) is 1.20. The fourth-order valence-electron chi connectivity index (χ4n) is 1.20. The Morgan fingerprint density at radius 2 is 1.93 bits per heavy atom. The van der Waals surface area contributed by atoms with Gasteiger partial charge in [0.2, 0.25) is 0 Å². The van der Waals surface area contributed by atoms with Crippen LogP contribution in [0.25, 0.3) is 0 Å². The van der Waals surface area contributed by atoms with E-state index in [1.807, 2.05) is 13.0 Å². The summed E-state index contributed by atoms with van der Waals surface area (Å²) in [7, 11) is 0. The van der Waals surface area contributed by atoms with E-state index in [9.17, 15) is 5.11 Å². The Morgan fingerprint density at radius 3 is 2.60 bits per heavy atom. The molecule has 0 saturated carbocycles. The van der Waals surface area contributed by atoms with Gasteiger partial charge in [0, 0.05) is 6.07 Å². The molecular weight excluding hydrogens is 196 g/mol. The third-order valence-electron chi connectivity index (χ3n) is 1.77. The average Bonchev–Trinajstić information content (AvgIpc) is 2.16. The van der Waals surface area contributed by atoms with E-state index in [0.29, 0.717) is 25.6 Å². The van der Waals surface area contributed by atoms with Crippen LogP contribution in [0.5, 0.6) is 11.5 Å². The van der Waals surface area contributed by atoms with Gasteiger partial charge in [-0.2, -0.15) is 0 Å². The molecule has 0 aliphatic heterocycles. The Balaban J connectivity index is 2.31. The molecule has 0 saturated heterocycles. The van der Waals surface area contributed by atoms with Gasteiger partial charge in [-0.1, -0.05) is 0 Å². The molecule has 0 unspecified atom stereocenters. The lowest BCUT2D eigenvalue weighted by molar-refractivity contribution is 0.0704. The maximum absolute atomic E-state index is 9.29. The van der Waals surface area contributed by atoms with Crippen LogP contribution in [-0.2, 0) is 4.74 Å². The third-order valence-corrected chi connectivity index (χ3v) is 1.77. The van der Waals surface area contributed by atoms with Crippen molar-refractivity contribution in [1.29, 1.82) is 0 Å². The van der Waals surface area contributed by atoms with E-state index in [-0.39, 0.29) is 12.4 Å². The number of ether oxygens (including phenoxy) is 2. The first-order valence-electron chi connectivity index (χ1n) is 4.84. The van der Waals surface area contributed by atoms with Crippen LogP contribution in [-0.4, -0.2) is 36.6 Å². The van der Waals surface area contributed by atoms with Crippen molar-refractivity contribution >= 4 is 0 Å². The van der Waals surface area contributed by atoms with Crippen molar-refractivity contribution in [3.63, 3.8) is 0 Å². The van der Waals surface area contributed by atoms with E-state index in [2.05, 4.69) is 0 Å². The molecule has 0 atom stereocenters. The molecule has 0 amide bonds. The average molecular weight is 212 g/mol. The first kappa shape index (κ1) is 11.8. The summed E-state index contributed by atoms with van der Waals surface area (Å²) in [5.74, 6) is 0.821. The molecule has 2 N–H and O–H groups in total. The van der Waals surface area contributed by atoms with Gasteiger partial charge in [0.05, 0.1) is 19.8 Å². The molecule has 1 aromatic rings. The van der Waals surface area contributed by atoms with Gasteiger partial charge in [-0.05, 0) is 24.6 Å². The van der Waals surface area contributed by atoms with Crippen molar-refractivity contribution in [3.8, 4) is 11.5 Å². The van der Waals surface area contributed by atoms with Gasteiger partial charge in [-0.15, -0.1) is 0 Å². The van der Waals surface area contributed by atoms with Crippen LogP contribution in [0.4, 0.5) is 0 Å². The van der Waals surface area contributed by atoms with Crippen molar-refractivity contribution in [2.45, 2.75) is 6.92 Å². The zero-order chi connectivity index (χ0) is 11.1. The van der Waals surface area contributed by atoms with E-state index >= 15 is 0 Å². The Kier molecular flexibility index (Phi) is 4.93. The number of aryl methyl sites for hydroxylation is 1. The number of aliphatic hydroxyl groups is 1. The highest BCUT2D eigenvalue weighted by Gasteiger charge is 1.98. The summed E-state index contributed by atoms with van der Waals surface area (Å²) in [6, 6.07) is 5.06. The number of phenols is 1. The molecule has 0 heterocycles. The van der Waals surface area contributed by atoms with Gasteiger partial charge in [0.15, 0.2) is 0 Å². The monoisotopic (exact) mass is 212 g/mol. The summed E-state index contributed by atoms with van der Waals surface area (Å²) in [6.45, 7) is 3.06. The highest BCUT2D eigenvalue weighted by Crippen LogP contribution is 2.20. The summed E-state index contributed by atoms with van der Waals surface area (Å²) in [5.41, 5.74) is 0.946. The molecule has 15 heavy (non-hydrogen) atoms. The fraction of sp³-hybridized carbons (Fsp3) is 0.455. The predicted molar refractivity (Wildman–Crippen MR) is 56.2 cm³/mol. The van der Waals surface area contributed by atoms with Crippen molar-refractivity contribution in [1.82, 2.24) is 0 Å². The second-order valence-corrected chi connectivity index (χ2v) is 3.19. The van der Waals surface area contributed by atoms with Crippen LogP contribution in [0.15, 0.2) is 18.2 Å². The van der Waals surface area contributed by atoms with E-state index in [0.717, 1.165) is 5.56 Å². The first-order chi connectivity index (χ1) is 7.22. The van der Waals surface area contributed by atoms with E-state index in [4.69, 9.17) is 14.6 Å². The van der Waals surface area contributed by atoms with Crippen LogP contribution in [0.2, 0.25) is 0 Å². The van der Waals surface area contributed by atoms with Crippen LogP contribution in [0, 0.1) is 6.92 Å². The second kappa shape index (κ2) is 6.27. The van der Waals surface area contributed by atoms with Gasteiger partial charge < -0.3 is 19.7 Å². The van der Waals surface area contributed by atoms with E-state index in [1.54, 1.807) is 12.1 Å². The molecule has 1 rings (SSSR count). The van der Waals surface area contributed by atoms with Crippen molar-refractivity contribution in [2.24, 2.45) is 0 Å². The zero-order valence-corrected chi connectivity index (χ0v) is 8.77. The summed E-state index contributed by atoms with van der Waals surface area (Å²) in [6.07, 6.45) is 0. The largest absolute Gasteiger partial charge is 0.508 e. The normalized spacial score (nSPS) is 10.3. The second-order valence-electron chi connectivity index (χ2n) is 3.19. The molecule has 84 valence electrons. The lowest BCUT2D eigenvalue weighted by Gasteiger charge is -2.07. The topological polar surface area (TPSA) is 58.9 Å². The predicted octanol–water partition coefficient (Wildman–Crippen LogP) is 1.09. The van der Waals surface area contributed by atoms with E-state index in [1.165, 1.54) is 0 Å². The molecule has 0 fully saturated rings. The lowest BCUT2D eigenvalue weighted by Crippen LogP contribution is -2.09. The van der Waals surface area contributed by atoms with Gasteiger partial charge >= 0.3 is 0 Å². The molecule has 0 aromatic heterocycles. The highest BCUT2D eigenvalue weighted by atomic mass is 16.5. The van der Waals surface area contributed by atoms with Gasteiger partial charge in [-0.3, -0.25) is 0 Å². The first-order valence-corrected chi connectivity index (χ1v) is 4.84. The molecule has 1 aromatic carbocycles. The molecule has 0 spiro atoms. The minimum Gasteiger partial charge on any atom is -0.508 e. The third kappa shape index (κ3) is 4.67. The number of hydrogen-bond donors (Lipinski definition) is 2. The number of phenolic OH excluding ortho intramolecular Hbond substituents is 1. The Morgan fingerprint density at radius 1 is 1.13 bits per heavy atom. The summed E-state index contributed by atoms with van der Waals surface area (Å²) in [5, 5.41) is 17.7. The minimum atomic E-state index is 0.0191. The molecule has 0 aliphatic carbocycles. The van der Waals surface area contributed by atoms with Crippen LogP contribution >= 0.6 is 0 Å². The van der Waals surface area contributed by atoms with E-state index < -0.39 is 0 Å². The van der Waals surface area contributed by atoms with Crippen LogP contribution in [0.3, 0.4) is 0 Å². The molecular formula is C11H16O4. The maximum atomic E-state index is 9.29. The number of aliphatic hydroxyl groups excluding tert-OH is 1.